The number of H-pyrrole nitrogens is 1. The van der Waals surface area contributed by atoms with E-state index in [2.05, 4.69) is 27.2 Å². The van der Waals surface area contributed by atoms with Gasteiger partial charge in [-0.15, -0.1) is 6.58 Å². The molecular formula is C16H20N5O3+. The zero-order chi connectivity index (χ0) is 17.5. The molecule has 0 fully saturated rings. The fourth-order valence-electron chi connectivity index (χ4n) is 2.22. The van der Waals surface area contributed by atoms with Crippen LogP contribution in [0.25, 0.3) is 10.9 Å². The molecule has 2 rings (SSSR count). The molecule has 4 N–H and O–H groups in total. The minimum atomic E-state index is -0.565. The van der Waals surface area contributed by atoms with Gasteiger partial charge in [0, 0.05) is 6.54 Å². The maximum atomic E-state index is 12.0. The van der Waals surface area contributed by atoms with Crippen molar-refractivity contribution in [2.24, 2.45) is 0 Å². The monoisotopic (exact) mass is 330 g/mol. The first-order chi connectivity index (χ1) is 11.5. The molecule has 126 valence electrons. The van der Waals surface area contributed by atoms with E-state index in [0.29, 0.717) is 23.3 Å². The van der Waals surface area contributed by atoms with E-state index in [1.165, 1.54) is 6.08 Å². The Bertz CT molecular complexity index is 815. The maximum Gasteiger partial charge on any atom is 0.321 e. The maximum absolute atomic E-state index is 12.0. The minimum Gasteiger partial charge on any atom is -0.334 e. The summed E-state index contributed by atoms with van der Waals surface area (Å²) in [4.78, 5) is 43.1. The van der Waals surface area contributed by atoms with Gasteiger partial charge in [0.25, 0.3) is 11.5 Å². The summed E-state index contributed by atoms with van der Waals surface area (Å²) < 4.78 is 0. The molecule has 0 radical (unpaired) electrons. The van der Waals surface area contributed by atoms with Crippen LogP contribution in [0.3, 0.4) is 0 Å². The molecule has 8 heteroatoms. The number of fused-ring (bicyclic) bond motifs is 1. The first-order valence-corrected chi connectivity index (χ1v) is 7.47. The summed E-state index contributed by atoms with van der Waals surface area (Å²) in [6, 6.07) is 6.49. The smallest absolute Gasteiger partial charge is 0.321 e. The number of aromatic nitrogens is 2. The lowest BCUT2D eigenvalue weighted by Gasteiger charge is -2.13. The topological polar surface area (TPSA) is 108 Å². The van der Waals surface area contributed by atoms with Gasteiger partial charge in [0.15, 0.2) is 12.4 Å². The number of quaternary nitrogens is 1. The molecule has 1 atom stereocenters. The van der Waals surface area contributed by atoms with Gasteiger partial charge in [-0.05, 0) is 12.1 Å². The zero-order valence-corrected chi connectivity index (χ0v) is 13.4. The number of hydrogen-bond donors (Lipinski definition) is 4. The number of amides is 3. The molecule has 1 unspecified atom stereocenters. The second-order valence-electron chi connectivity index (χ2n) is 5.39. The highest BCUT2D eigenvalue weighted by Gasteiger charge is 2.14. The molecule has 24 heavy (non-hydrogen) atoms. The van der Waals surface area contributed by atoms with Crippen molar-refractivity contribution in [2.75, 3.05) is 20.1 Å². The van der Waals surface area contributed by atoms with Crippen LogP contribution in [0.2, 0.25) is 0 Å². The molecule has 0 saturated heterocycles. The number of imide groups is 1. The molecule has 1 aromatic heterocycles. The fraction of sp³-hybridized carbons (Fsp3) is 0.250. The Morgan fingerprint density at radius 1 is 1.38 bits per heavy atom. The van der Waals surface area contributed by atoms with Crippen LogP contribution in [0.15, 0.2) is 41.7 Å². The summed E-state index contributed by atoms with van der Waals surface area (Å²) in [5, 5.41) is 5.20. The molecule has 0 spiro atoms. The van der Waals surface area contributed by atoms with Gasteiger partial charge in [-0.2, -0.15) is 0 Å². The first-order valence-electron chi connectivity index (χ1n) is 7.47. The van der Waals surface area contributed by atoms with Crippen LogP contribution >= 0.6 is 0 Å². The third kappa shape index (κ3) is 4.75. The van der Waals surface area contributed by atoms with E-state index in [0.717, 1.165) is 4.90 Å². The highest BCUT2D eigenvalue weighted by Crippen LogP contribution is 2.04. The first kappa shape index (κ1) is 17.4. The Kier molecular flexibility index (Phi) is 5.80. The largest absolute Gasteiger partial charge is 0.334 e. The molecule has 1 aromatic carbocycles. The van der Waals surface area contributed by atoms with E-state index in [-0.39, 0.29) is 18.6 Å². The summed E-state index contributed by atoms with van der Waals surface area (Å²) in [5.41, 5.74) is 0.397. The minimum absolute atomic E-state index is 0.0675. The Hall–Kier alpha value is -3.00. The van der Waals surface area contributed by atoms with E-state index in [4.69, 9.17) is 0 Å². The lowest BCUT2D eigenvalue weighted by Crippen LogP contribution is -3.09. The third-order valence-electron chi connectivity index (χ3n) is 3.25. The highest BCUT2D eigenvalue weighted by molar-refractivity contribution is 5.94. The number of carbonyl (C=O) groups excluding carboxylic acids is 2. The van der Waals surface area contributed by atoms with E-state index in [1.54, 1.807) is 25.2 Å². The summed E-state index contributed by atoms with van der Waals surface area (Å²) in [7, 11) is 1.77. The average molecular weight is 330 g/mol. The number of likely N-dealkylation sites (N-methyl/N-ethyl adjacent to an activating group) is 1. The predicted octanol–water partition coefficient (Wildman–Crippen LogP) is -1.05. The molecule has 0 saturated carbocycles. The molecule has 2 aromatic rings. The van der Waals surface area contributed by atoms with Crippen molar-refractivity contribution in [1.82, 2.24) is 20.6 Å². The summed E-state index contributed by atoms with van der Waals surface area (Å²) in [5.74, 6) is 0.0670. The SMILES string of the molecule is C=CCNC(=O)NC(=O)C[NH+](C)Cc1nc2ccccc2c(=O)[nH]1. The van der Waals surface area contributed by atoms with E-state index in [1.807, 2.05) is 6.07 Å². The van der Waals surface area contributed by atoms with Crippen molar-refractivity contribution in [1.29, 1.82) is 0 Å². The van der Waals surface area contributed by atoms with E-state index < -0.39 is 11.9 Å². The standard InChI is InChI=1S/C16H19N5O3/c1-3-8-17-16(24)20-14(22)10-21(2)9-13-18-12-7-5-4-6-11(12)15(23)19-13/h3-7H,1,8-10H2,2H3,(H,18,19,23)(H2,17,20,22,24)/p+1. The van der Waals surface area contributed by atoms with Gasteiger partial charge in [-0.25, -0.2) is 9.78 Å². The Morgan fingerprint density at radius 3 is 2.88 bits per heavy atom. The fourth-order valence-corrected chi connectivity index (χ4v) is 2.22. The van der Waals surface area contributed by atoms with Gasteiger partial charge < -0.3 is 15.2 Å². The second kappa shape index (κ2) is 8.02. The predicted molar refractivity (Wildman–Crippen MR) is 89.6 cm³/mol. The van der Waals surface area contributed by atoms with Crippen LogP contribution in [-0.4, -0.2) is 42.0 Å². The van der Waals surface area contributed by atoms with Crippen LogP contribution in [-0.2, 0) is 11.3 Å². The number of aromatic amines is 1. The molecule has 0 bridgehead atoms. The Balaban J connectivity index is 1.96. The number of urea groups is 1. The molecule has 3 amide bonds. The van der Waals surface area contributed by atoms with Crippen LogP contribution in [0.5, 0.6) is 0 Å². The van der Waals surface area contributed by atoms with Crippen molar-refractivity contribution in [3.8, 4) is 0 Å². The number of para-hydroxylation sites is 1. The molecule has 1 heterocycles. The van der Waals surface area contributed by atoms with Gasteiger partial charge in [-0.3, -0.25) is 14.9 Å². The van der Waals surface area contributed by atoms with Gasteiger partial charge in [0.05, 0.1) is 18.0 Å². The van der Waals surface area contributed by atoms with Crippen LogP contribution in [0.4, 0.5) is 4.79 Å². The normalized spacial score (nSPS) is 11.7. The van der Waals surface area contributed by atoms with Crippen LogP contribution in [0.1, 0.15) is 5.82 Å². The number of nitrogens with zero attached hydrogens (tertiary/aromatic N) is 1. The Morgan fingerprint density at radius 2 is 2.12 bits per heavy atom. The number of hydrogen-bond acceptors (Lipinski definition) is 4. The molecular weight excluding hydrogens is 310 g/mol. The Labute approximate surface area is 138 Å². The molecule has 0 aliphatic heterocycles. The molecule has 0 aliphatic carbocycles. The quantitative estimate of drug-likeness (QED) is 0.507. The lowest BCUT2D eigenvalue weighted by atomic mass is 10.2. The number of benzene rings is 1. The van der Waals surface area contributed by atoms with Gasteiger partial charge in [0.1, 0.15) is 6.54 Å². The van der Waals surface area contributed by atoms with Crippen molar-refractivity contribution >= 4 is 22.8 Å². The van der Waals surface area contributed by atoms with Crippen LogP contribution in [0, 0.1) is 0 Å². The lowest BCUT2D eigenvalue weighted by molar-refractivity contribution is -0.886. The van der Waals surface area contributed by atoms with E-state index in [9.17, 15) is 14.4 Å². The number of carbonyl (C=O) groups is 2. The van der Waals surface area contributed by atoms with Crippen LogP contribution < -0.4 is 21.1 Å². The van der Waals surface area contributed by atoms with Crippen molar-refractivity contribution < 1.29 is 14.5 Å². The summed E-state index contributed by atoms with van der Waals surface area (Å²) >= 11 is 0. The molecule has 0 aliphatic rings. The van der Waals surface area contributed by atoms with Crippen molar-refractivity contribution in [2.45, 2.75) is 6.54 Å². The zero-order valence-electron chi connectivity index (χ0n) is 13.4. The summed E-state index contributed by atoms with van der Waals surface area (Å²) in [6.45, 7) is 4.17. The number of rotatable bonds is 6. The van der Waals surface area contributed by atoms with E-state index >= 15 is 0 Å². The van der Waals surface area contributed by atoms with Gasteiger partial charge in [0.2, 0.25) is 0 Å². The van der Waals surface area contributed by atoms with Gasteiger partial charge in [-0.1, -0.05) is 18.2 Å². The highest BCUT2D eigenvalue weighted by atomic mass is 16.2. The third-order valence-corrected chi connectivity index (χ3v) is 3.25. The number of nitrogens with one attached hydrogen (secondary N) is 4. The summed E-state index contributed by atoms with van der Waals surface area (Å²) in [6.07, 6.45) is 1.52. The van der Waals surface area contributed by atoms with Gasteiger partial charge >= 0.3 is 6.03 Å². The van der Waals surface area contributed by atoms with Crippen molar-refractivity contribution in [3.05, 3.63) is 53.1 Å². The molecule has 8 nitrogen and oxygen atoms in total. The van der Waals surface area contributed by atoms with Crippen molar-refractivity contribution in [3.63, 3.8) is 0 Å². The second-order valence-corrected chi connectivity index (χ2v) is 5.39. The average Bonchev–Trinajstić information content (AvgIpc) is 2.52.